The second-order valence-electron chi connectivity index (χ2n) is 7.77. The number of rotatable bonds is 12. The van der Waals surface area contributed by atoms with Crippen molar-refractivity contribution in [3.63, 3.8) is 0 Å². The SMILES string of the molecule is COc1cc(C=Cc2cccc(NC=CC(=O)c3cc(OC)c(OC)c(OC)c3Br)c2)cc(OC)c1OC. The summed E-state index contributed by atoms with van der Waals surface area (Å²) < 4.78 is 32.8. The van der Waals surface area contributed by atoms with Gasteiger partial charge in [0.25, 0.3) is 0 Å². The number of nitrogens with one attached hydrogen (secondary N) is 1. The third kappa shape index (κ3) is 6.41. The molecule has 8 nitrogen and oxygen atoms in total. The topological polar surface area (TPSA) is 84.5 Å². The van der Waals surface area contributed by atoms with Crippen LogP contribution in [0.1, 0.15) is 21.5 Å². The van der Waals surface area contributed by atoms with Crippen LogP contribution in [0.2, 0.25) is 0 Å². The summed E-state index contributed by atoms with van der Waals surface area (Å²) in [6.45, 7) is 0. The van der Waals surface area contributed by atoms with Crippen LogP contribution < -0.4 is 33.7 Å². The third-order valence-electron chi connectivity index (χ3n) is 5.56. The molecule has 0 spiro atoms. The summed E-state index contributed by atoms with van der Waals surface area (Å²) in [5, 5.41) is 3.14. The number of methoxy groups -OCH3 is 6. The van der Waals surface area contributed by atoms with Crippen molar-refractivity contribution in [2.24, 2.45) is 0 Å². The molecule has 0 saturated heterocycles. The number of anilines is 1. The van der Waals surface area contributed by atoms with E-state index in [9.17, 15) is 4.79 Å². The van der Waals surface area contributed by atoms with E-state index in [0.717, 1.165) is 16.8 Å². The lowest BCUT2D eigenvalue weighted by molar-refractivity contribution is 0.104. The summed E-state index contributed by atoms with van der Waals surface area (Å²) in [6.07, 6.45) is 6.93. The minimum Gasteiger partial charge on any atom is -0.493 e. The van der Waals surface area contributed by atoms with Crippen LogP contribution >= 0.6 is 15.9 Å². The van der Waals surface area contributed by atoms with Gasteiger partial charge in [0.2, 0.25) is 11.5 Å². The molecule has 0 unspecified atom stereocenters. The number of hydrogen-bond donors (Lipinski definition) is 1. The van der Waals surface area contributed by atoms with Gasteiger partial charge in [-0.25, -0.2) is 0 Å². The molecule has 200 valence electrons. The van der Waals surface area contributed by atoms with Crippen molar-refractivity contribution in [2.45, 2.75) is 0 Å². The Bertz CT molecular complexity index is 1330. The smallest absolute Gasteiger partial charge is 0.204 e. The van der Waals surface area contributed by atoms with E-state index < -0.39 is 0 Å². The van der Waals surface area contributed by atoms with Crippen molar-refractivity contribution >= 4 is 39.6 Å². The fourth-order valence-electron chi connectivity index (χ4n) is 3.73. The summed E-state index contributed by atoms with van der Waals surface area (Å²) in [7, 11) is 9.24. The highest BCUT2D eigenvalue weighted by Crippen LogP contribution is 2.45. The lowest BCUT2D eigenvalue weighted by Crippen LogP contribution is -2.03. The Morgan fingerprint density at radius 1 is 0.711 bits per heavy atom. The Labute approximate surface area is 230 Å². The first-order chi connectivity index (χ1) is 18.4. The molecule has 0 aliphatic heterocycles. The first-order valence-corrected chi connectivity index (χ1v) is 12.2. The fraction of sp³-hybridized carbons (Fsp3) is 0.207. The molecule has 0 bridgehead atoms. The number of carbonyl (C=O) groups excluding carboxylic acids is 1. The molecule has 0 aromatic heterocycles. The Hall–Kier alpha value is -4.11. The summed E-state index contributed by atoms with van der Waals surface area (Å²) in [4.78, 5) is 12.9. The normalized spacial score (nSPS) is 10.9. The maximum atomic E-state index is 12.9. The molecular weight excluding hydrogens is 554 g/mol. The Kier molecular flexibility index (Phi) is 10.1. The van der Waals surface area contributed by atoms with E-state index in [1.54, 1.807) is 33.6 Å². The maximum absolute atomic E-state index is 12.9. The van der Waals surface area contributed by atoms with E-state index in [-0.39, 0.29) is 5.78 Å². The Morgan fingerprint density at radius 3 is 1.87 bits per heavy atom. The van der Waals surface area contributed by atoms with Gasteiger partial charge in [-0.3, -0.25) is 4.79 Å². The summed E-state index contributed by atoms with van der Waals surface area (Å²) >= 11 is 3.44. The van der Waals surface area contributed by atoms with Crippen LogP contribution in [-0.4, -0.2) is 48.4 Å². The summed E-state index contributed by atoms with van der Waals surface area (Å²) in [5.41, 5.74) is 3.03. The molecular formula is C29H30BrNO7. The van der Waals surface area contributed by atoms with Crippen LogP contribution in [0.5, 0.6) is 34.5 Å². The van der Waals surface area contributed by atoms with Gasteiger partial charge >= 0.3 is 0 Å². The summed E-state index contributed by atoms with van der Waals surface area (Å²) in [5.74, 6) is 2.62. The lowest BCUT2D eigenvalue weighted by atomic mass is 10.1. The zero-order chi connectivity index (χ0) is 27.7. The van der Waals surface area contributed by atoms with Crippen molar-refractivity contribution in [1.82, 2.24) is 0 Å². The standard InChI is InChI=1S/C29H30BrNO7/c1-33-23-15-19(16-24(34-2)27(23)36-4)11-10-18-8-7-9-20(14-18)31-13-12-22(32)21-17-25(35-3)28(37-5)29(38-6)26(21)30/h7-17,31H,1-6H3. The molecule has 0 atom stereocenters. The highest BCUT2D eigenvalue weighted by atomic mass is 79.9. The second-order valence-corrected chi connectivity index (χ2v) is 8.56. The first-order valence-electron chi connectivity index (χ1n) is 11.4. The molecule has 9 heteroatoms. The molecule has 0 radical (unpaired) electrons. The molecule has 3 aromatic rings. The molecule has 3 rings (SSSR count). The van der Waals surface area contributed by atoms with Gasteiger partial charge in [-0.05, 0) is 57.4 Å². The summed E-state index contributed by atoms with van der Waals surface area (Å²) in [6, 6.07) is 13.1. The van der Waals surface area contributed by atoms with Crippen molar-refractivity contribution in [2.75, 3.05) is 48.0 Å². The Balaban J connectivity index is 1.77. The van der Waals surface area contributed by atoms with Crippen molar-refractivity contribution < 1.29 is 33.2 Å². The van der Waals surface area contributed by atoms with E-state index >= 15 is 0 Å². The van der Waals surface area contributed by atoms with E-state index in [0.29, 0.717) is 44.5 Å². The highest BCUT2D eigenvalue weighted by molar-refractivity contribution is 9.10. The molecule has 0 saturated carbocycles. The minimum absolute atomic E-state index is 0.248. The molecule has 0 aliphatic carbocycles. The predicted octanol–water partition coefficient (Wildman–Crippen LogP) is 6.48. The van der Waals surface area contributed by atoms with Crippen LogP contribution in [0.15, 0.2) is 59.2 Å². The van der Waals surface area contributed by atoms with Gasteiger partial charge in [-0.15, -0.1) is 0 Å². The molecule has 0 heterocycles. The zero-order valence-electron chi connectivity index (χ0n) is 22.1. The molecule has 0 aliphatic rings. The van der Waals surface area contributed by atoms with Gasteiger partial charge in [-0.2, -0.15) is 0 Å². The van der Waals surface area contributed by atoms with E-state index in [1.807, 2.05) is 48.6 Å². The number of halogens is 1. The predicted molar refractivity (Wildman–Crippen MR) is 152 cm³/mol. The van der Waals surface area contributed by atoms with Crippen LogP contribution in [0.3, 0.4) is 0 Å². The van der Waals surface area contributed by atoms with Crippen LogP contribution in [0.4, 0.5) is 5.69 Å². The van der Waals surface area contributed by atoms with Crippen molar-refractivity contribution in [1.29, 1.82) is 0 Å². The quantitative estimate of drug-likeness (QED) is 0.147. The van der Waals surface area contributed by atoms with Crippen LogP contribution in [0.25, 0.3) is 12.2 Å². The second kappa shape index (κ2) is 13.4. The van der Waals surface area contributed by atoms with E-state index in [2.05, 4.69) is 21.2 Å². The number of ketones is 1. The van der Waals surface area contributed by atoms with Gasteiger partial charge < -0.3 is 33.7 Å². The lowest BCUT2D eigenvalue weighted by Gasteiger charge is -2.15. The van der Waals surface area contributed by atoms with Gasteiger partial charge in [0.15, 0.2) is 28.8 Å². The van der Waals surface area contributed by atoms with E-state index in [1.165, 1.54) is 27.4 Å². The fourth-order valence-corrected chi connectivity index (χ4v) is 4.38. The van der Waals surface area contributed by atoms with Gasteiger partial charge in [0, 0.05) is 23.5 Å². The van der Waals surface area contributed by atoms with Crippen LogP contribution in [-0.2, 0) is 0 Å². The first kappa shape index (κ1) is 28.5. The highest BCUT2D eigenvalue weighted by Gasteiger charge is 2.21. The van der Waals surface area contributed by atoms with E-state index in [4.69, 9.17) is 28.4 Å². The number of allylic oxidation sites excluding steroid dienone is 1. The zero-order valence-corrected chi connectivity index (χ0v) is 23.7. The van der Waals surface area contributed by atoms with Crippen molar-refractivity contribution in [3.8, 4) is 34.5 Å². The molecule has 38 heavy (non-hydrogen) atoms. The number of hydrogen-bond acceptors (Lipinski definition) is 8. The third-order valence-corrected chi connectivity index (χ3v) is 6.35. The van der Waals surface area contributed by atoms with Crippen LogP contribution in [0, 0.1) is 0 Å². The van der Waals surface area contributed by atoms with Crippen molar-refractivity contribution in [3.05, 3.63) is 75.9 Å². The number of ether oxygens (including phenoxy) is 6. The largest absolute Gasteiger partial charge is 0.493 e. The Morgan fingerprint density at radius 2 is 1.29 bits per heavy atom. The number of benzene rings is 3. The monoisotopic (exact) mass is 583 g/mol. The van der Waals surface area contributed by atoms with Gasteiger partial charge in [0.05, 0.1) is 47.1 Å². The average Bonchev–Trinajstić information content (AvgIpc) is 2.95. The minimum atomic E-state index is -0.248. The average molecular weight is 584 g/mol. The maximum Gasteiger partial charge on any atom is 0.204 e. The molecule has 3 aromatic carbocycles. The van der Waals surface area contributed by atoms with Gasteiger partial charge in [0.1, 0.15) is 0 Å². The molecule has 0 fully saturated rings. The molecule has 1 N–H and O–H groups in total. The number of carbonyl (C=O) groups is 1. The molecule has 0 amide bonds. The van der Waals surface area contributed by atoms with Gasteiger partial charge in [-0.1, -0.05) is 24.3 Å².